The minimum atomic E-state index is -0.431. The Morgan fingerprint density at radius 1 is 0.700 bits per heavy atom. The minimum Gasteiger partial charge on any atom is -0.459 e. The van der Waals surface area contributed by atoms with Gasteiger partial charge in [0.05, 0.1) is 0 Å². The van der Waals surface area contributed by atoms with Crippen LogP contribution in [0.3, 0.4) is 0 Å². The van der Waals surface area contributed by atoms with Crippen LogP contribution in [-0.4, -0.2) is 23.1 Å². The smallest absolute Gasteiger partial charge is 0.303 e. The number of carbonyl (C=O) groups excluding carboxylic acids is 2. The molecule has 0 radical (unpaired) electrons. The van der Waals surface area contributed by atoms with Crippen LogP contribution >= 0.6 is 0 Å². The van der Waals surface area contributed by atoms with Crippen molar-refractivity contribution in [3.8, 4) is 0 Å². The van der Waals surface area contributed by atoms with Crippen molar-refractivity contribution >= 4 is 11.9 Å². The fraction of sp³-hybridized carbons (Fsp3) is 0.875. The lowest BCUT2D eigenvalue weighted by molar-refractivity contribution is -0.265. The van der Waals surface area contributed by atoms with Crippen molar-refractivity contribution in [1.82, 2.24) is 0 Å². The monoisotopic (exact) mass is 280 g/mol. The molecule has 4 aliphatic carbocycles. The highest BCUT2D eigenvalue weighted by molar-refractivity contribution is 5.67. The maximum absolute atomic E-state index is 11.5. The Balaban J connectivity index is 2.00. The molecule has 20 heavy (non-hydrogen) atoms. The van der Waals surface area contributed by atoms with Crippen LogP contribution < -0.4 is 0 Å². The van der Waals surface area contributed by atoms with Gasteiger partial charge in [-0.2, -0.15) is 0 Å². The van der Waals surface area contributed by atoms with Gasteiger partial charge in [-0.3, -0.25) is 9.59 Å². The number of hydrogen-bond acceptors (Lipinski definition) is 4. The van der Waals surface area contributed by atoms with Crippen molar-refractivity contribution in [2.75, 3.05) is 0 Å². The summed E-state index contributed by atoms with van der Waals surface area (Å²) in [7, 11) is 0. The van der Waals surface area contributed by atoms with Gasteiger partial charge >= 0.3 is 11.9 Å². The molecule has 0 amide bonds. The molecule has 4 nitrogen and oxygen atoms in total. The van der Waals surface area contributed by atoms with Gasteiger partial charge in [0.1, 0.15) is 11.2 Å². The number of esters is 2. The lowest BCUT2D eigenvalue weighted by Crippen LogP contribution is -2.67. The Morgan fingerprint density at radius 3 is 1.35 bits per heavy atom. The van der Waals surface area contributed by atoms with Gasteiger partial charge in [-0.15, -0.1) is 0 Å². The Hall–Kier alpha value is -1.06. The first-order valence-corrected chi connectivity index (χ1v) is 7.47. The van der Waals surface area contributed by atoms with Crippen molar-refractivity contribution in [1.29, 1.82) is 0 Å². The summed E-state index contributed by atoms with van der Waals surface area (Å²) in [6.07, 6.45) is 5.41. The lowest BCUT2D eigenvalue weighted by atomic mass is 9.42. The first-order chi connectivity index (χ1) is 9.08. The normalized spacial score (nSPS) is 49.0. The van der Waals surface area contributed by atoms with E-state index in [2.05, 4.69) is 13.8 Å². The molecule has 0 spiro atoms. The average molecular weight is 280 g/mol. The Labute approximate surface area is 120 Å². The van der Waals surface area contributed by atoms with Crippen LogP contribution in [0.1, 0.15) is 66.2 Å². The first kappa shape index (κ1) is 13.9. The molecule has 0 aromatic carbocycles. The Bertz CT molecular complexity index is 425. The third-order valence-electron chi connectivity index (χ3n) is 5.21. The number of hydrogen-bond donors (Lipinski definition) is 0. The molecule has 0 aliphatic heterocycles. The predicted octanol–water partition coefficient (Wildman–Crippen LogP) is 2.98. The zero-order valence-electron chi connectivity index (χ0n) is 12.9. The van der Waals surface area contributed by atoms with Crippen molar-refractivity contribution in [2.24, 2.45) is 10.8 Å². The molecule has 4 heteroatoms. The van der Waals surface area contributed by atoms with Crippen molar-refractivity contribution in [3.63, 3.8) is 0 Å². The Kier molecular flexibility index (Phi) is 2.62. The van der Waals surface area contributed by atoms with E-state index in [1.54, 1.807) is 0 Å². The molecule has 112 valence electrons. The standard InChI is InChI=1S/C16H24O4/c1-11(17)19-15-6-13(3)5-14(4,7-15)9-16(8-13,10-15)20-12(2)18/h5-10H2,1-4H3. The van der Waals surface area contributed by atoms with Crippen LogP contribution in [-0.2, 0) is 19.1 Å². The minimum absolute atomic E-state index is 0.106. The van der Waals surface area contributed by atoms with Gasteiger partial charge < -0.3 is 9.47 Å². The molecular formula is C16H24O4. The van der Waals surface area contributed by atoms with Crippen LogP contribution in [0.25, 0.3) is 0 Å². The number of carbonyl (C=O) groups is 2. The molecule has 0 heterocycles. The van der Waals surface area contributed by atoms with E-state index in [1.165, 1.54) is 13.8 Å². The van der Waals surface area contributed by atoms with Gasteiger partial charge in [0.15, 0.2) is 0 Å². The maximum atomic E-state index is 11.5. The van der Waals surface area contributed by atoms with Crippen molar-refractivity contribution < 1.29 is 19.1 Å². The molecule has 0 N–H and O–H groups in total. The molecule has 4 saturated carbocycles. The van der Waals surface area contributed by atoms with E-state index in [0.717, 1.165) is 32.1 Å². The summed E-state index contributed by atoms with van der Waals surface area (Å²) in [4.78, 5) is 23.1. The third kappa shape index (κ3) is 2.13. The quantitative estimate of drug-likeness (QED) is 0.730. The van der Waals surface area contributed by atoms with E-state index in [9.17, 15) is 9.59 Å². The van der Waals surface area contributed by atoms with Crippen molar-refractivity contribution in [3.05, 3.63) is 0 Å². The van der Waals surface area contributed by atoms with Gasteiger partial charge in [-0.1, -0.05) is 13.8 Å². The summed E-state index contributed by atoms with van der Waals surface area (Å²) >= 11 is 0. The van der Waals surface area contributed by atoms with Gasteiger partial charge in [0.25, 0.3) is 0 Å². The van der Waals surface area contributed by atoms with E-state index in [-0.39, 0.29) is 22.8 Å². The molecule has 0 aromatic heterocycles. The summed E-state index contributed by atoms with van der Waals surface area (Å²) in [6, 6.07) is 0. The van der Waals surface area contributed by atoms with Crippen LogP contribution in [0, 0.1) is 10.8 Å². The van der Waals surface area contributed by atoms with Gasteiger partial charge in [0, 0.05) is 20.3 Å². The largest absolute Gasteiger partial charge is 0.459 e. The summed E-state index contributed by atoms with van der Waals surface area (Å²) < 4.78 is 11.5. The first-order valence-electron chi connectivity index (χ1n) is 7.47. The van der Waals surface area contributed by atoms with Crippen LogP contribution in [0.4, 0.5) is 0 Å². The fourth-order valence-corrected chi connectivity index (χ4v) is 6.30. The van der Waals surface area contributed by atoms with E-state index in [0.29, 0.717) is 6.42 Å². The zero-order chi connectivity index (χ0) is 14.8. The third-order valence-corrected chi connectivity index (χ3v) is 5.21. The van der Waals surface area contributed by atoms with Crippen LogP contribution in [0.15, 0.2) is 0 Å². The Morgan fingerprint density at radius 2 is 1.05 bits per heavy atom. The van der Waals surface area contributed by atoms with Gasteiger partial charge in [-0.25, -0.2) is 0 Å². The molecule has 0 unspecified atom stereocenters. The molecule has 0 atom stereocenters. The lowest BCUT2D eigenvalue weighted by Gasteiger charge is -2.67. The second-order valence-corrected chi connectivity index (χ2v) is 8.24. The fourth-order valence-electron chi connectivity index (χ4n) is 6.30. The zero-order valence-corrected chi connectivity index (χ0v) is 12.9. The summed E-state index contributed by atoms with van der Waals surface area (Å²) in [5.41, 5.74) is -0.651. The van der Waals surface area contributed by atoms with Crippen LogP contribution in [0.5, 0.6) is 0 Å². The van der Waals surface area contributed by atoms with Crippen molar-refractivity contribution in [2.45, 2.75) is 77.4 Å². The highest BCUT2D eigenvalue weighted by Gasteiger charge is 2.68. The summed E-state index contributed by atoms with van der Waals surface area (Å²) in [6.45, 7) is 7.45. The molecule has 4 bridgehead atoms. The SMILES string of the molecule is CC(=O)OC12CC3(C)CC(C)(C1)CC(OC(C)=O)(C3)C2. The topological polar surface area (TPSA) is 52.6 Å². The number of rotatable bonds is 2. The number of ether oxygens (including phenoxy) is 2. The molecular weight excluding hydrogens is 256 g/mol. The highest BCUT2D eigenvalue weighted by Crippen LogP contribution is 2.69. The molecule has 4 fully saturated rings. The van der Waals surface area contributed by atoms with E-state index in [1.807, 2.05) is 0 Å². The molecule has 0 saturated heterocycles. The van der Waals surface area contributed by atoms with E-state index < -0.39 is 11.2 Å². The van der Waals surface area contributed by atoms with Gasteiger partial charge in [-0.05, 0) is 42.9 Å². The average Bonchev–Trinajstić information content (AvgIpc) is 2.03. The second kappa shape index (κ2) is 3.77. The summed E-state index contributed by atoms with van der Waals surface area (Å²) in [5, 5.41) is 0. The molecule has 0 aromatic rings. The summed E-state index contributed by atoms with van der Waals surface area (Å²) in [5.74, 6) is -0.450. The van der Waals surface area contributed by atoms with E-state index >= 15 is 0 Å². The van der Waals surface area contributed by atoms with Crippen LogP contribution in [0.2, 0.25) is 0 Å². The predicted molar refractivity (Wildman–Crippen MR) is 72.9 cm³/mol. The highest BCUT2D eigenvalue weighted by atomic mass is 16.6. The molecule has 4 aliphatic rings. The maximum Gasteiger partial charge on any atom is 0.303 e. The van der Waals surface area contributed by atoms with Gasteiger partial charge in [0.2, 0.25) is 0 Å². The second-order valence-electron chi connectivity index (χ2n) is 8.24. The molecule has 4 rings (SSSR count). The van der Waals surface area contributed by atoms with E-state index in [4.69, 9.17) is 9.47 Å².